The summed E-state index contributed by atoms with van der Waals surface area (Å²) in [6, 6.07) is 12.4. The number of carbonyl (C=O) groups is 1. The maximum Gasteiger partial charge on any atom is 0.360 e. The number of hydrogen-bond donors (Lipinski definition) is 0. The van der Waals surface area contributed by atoms with Crippen molar-refractivity contribution in [2.75, 3.05) is 14.2 Å². The van der Waals surface area contributed by atoms with Crippen LogP contribution in [0.1, 0.15) is 5.56 Å². The van der Waals surface area contributed by atoms with Gasteiger partial charge in [0.15, 0.2) is 11.3 Å². The number of hydrogen-bond acceptors (Lipinski definition) is 6. The van der Waals surface area contributed by atoms with Gasteiger partial charge in [-0.1, -0.05) is 35.0 Å². The molecule has 0 amide bonds. The van der Waals surface area contributed by atoms with Gasteiger partial charge in [-0.05, 0) is 24.3 Å². The van der Waals surface area contributed by atoms with Gasteiger partial charge in [-0.25, -0.2) is 9.78 Å². The number of para-hydroxylation sites is 1. The Morgan fingerprint density at radius 3 is 2.67 bits per heavy atom. The van der Waals surface area contributed by atoms with Crippen LogP contribution in [0.4, 0.5) is 0 Å². The predicted octanol–water partition coefficient (Wildman–Crippen LogP) is 3.67. The number of nitrogens with zero attached hydrogens (tertiary/aromatic N) is 2. The highest BCUT2D eigenvalue weighted by Crippen LogP contribution is 2.31. The molecule has 122 valence electrons. The third kappa shape index (κ3) is 2.83. The number of oxime groups is 1. The van der Waals surface area contributed by atoms with Gasteiger partial charge in [-0.2, -0.15) is 0 Å². The number of aromatic nitrogens is 1. The molecule has 1 aromatic heterocycles. The number of oxazole rings is 1. The molecule has 0 aliphatic heterocycles. The fourth-order valence-electron chi connectivity index (χ4n) is 2.27. The molecule has 0 saturated carbocycles. The van der Waals surface area contributed by atoms with E-state index < -0.39 is 5.97 Å². The van der Waals surface area contributed by atoms with E-state index in [0.29, 0.717) is 33.1 Å². The van der Waals surface area contributed by atoms with Gasteiger partial charge in [0.05, 0.1) is 17.7 Å². The van der Waals surface area contributed by atoms with Gasteiger partial charge in [0.2, 0.25) is 5.89 Å². The lowest BCUT2D eigenvalue weighted by molar-refractivity contribution is -0.132. The third-order valence-corrected chi connectivity index (χ3v) is 3.67. The van der Waals surface area contributed by atoms with E-state index in [-0.39, 0.29) is 5.71 Å². The van der Waals surface area contributed by atoms with Crippen LogP contribution in [0.15, 0.2) is 52.0 Å². The van der Waals surface area contributed by atoms with E-state index in [1.165, 1.54) is 14.2 Å². The average Bonchev–Trinajstić information content (AvgIpc) is 3.03. The van der Waals surface area contributed by atoms with Crippen LogP contribution < -0.4 is 0 Å². The standard InChI is InChI=1S/C17H13ClN2O4/c1-22-17(21)15(20-23-2)11-7-5-9-13-14(11)19-16(24-13)10-6-3-4-8-12(10)18/h3-9H,1-2H3/b20-15-. The van der Waals surface area contributed by atoms with E-state index in [4.69, 9.17) is 25.6 Å². The first-order chi connectivity index (χ1) is 11.7. The minimum Gasteiger partial charge on any atom is -0.464 e. The van der Waals surface area contributed by atoms with E-state index in [9.17, 15) is 4.79 Å². The lowest BCUT2D eigenvalue weighted by Gasteiger charge is -2.03. The monoisotopic (exact) mass is 344 g/mol. The Hall–Kier alpha value is -2.86. The van der Waals surface area contributed by atoms with Crippen LogP contribution in [0.3, 0.4) is 0 Å². The number of esters is 1. The van der Waals surface area contributed by atoms with Crippen LogP contribution in [0.2, 0.25) is 5.02 Å². The summed E-state index contributed by atoms with van der Waals surface area (Å²) in [7, 11) is 2.62. The maximum atomic E-state index is 12.0. The molecule has 0 N–H and O–H groups in total. The van der Waals surface area contributed by atoms with Crippen molar-refractivity contribution in [1.29, 1.82) is 0 Å². The molecule has 6 nitrogen and oxygen atoms in total. The topological polar surface area (TPSA) is 73.9 Å². The third-order valence-electron chi connectivity index (χ3n) is 3.34. The van der Waals surface area contributed by atoms with E-state index in [1.807, 2.05) is 12.1 Å². The quantitative estimate of drug-likeness (QED) is 0.410. The molecule has 0 radical (unpaired) electrons. The van der Waals surface area contributed by atoms with Crippen LogP contribution in [0.5, 0.6) is 0 Å². The number of carbonyl (C=O) groups excluding carboxylic acids is 1. The van der Waals surface area contributed by atoms with Gasteiger partial charge in [0.25, 0.3) is 0 Å². The van der Waals surface area contributed by atoms with Gasteiger partial charge < -0.3 is 14.0 Å². The van der Waals surface area contributed by atoms with Crippen molar-refractivity contribution in [2.24, 2.45) is 5.16 Å². The van der Waals surface area contributed by atoms with Crippen molar-refractivity contribution in [2.45, 2.75) is 0 Å². The van der Waals surface area contributed by atoms with Crippen molar-refractivity contribution in [1.82, 2.24) is 4.98 Å². The molecule has 0 atom stereocenters. The summed E-state index contributed by atoms with van der Waals surface area (Å²) in [5.74, 6) is -0.281. The normalized spacial score (nSPS) is 11.5. The summed E-state index contributed by atoms with van der Waals surface area (Å²) in [6.45, 7) is 0. The average molecular weight is 345 g/mol. The molecule has 0 saturated heterocycles. The van der Waals surface area contributed by atoms with Crippen LogP contribution in [0, 0.1) is 0 Å². The van der Waals surface area contributed by atoms with Gasteiger partial charge in [-0.15, -0.1) is 0 Å². The molecule has 0 spiro atoms. The van der Waals surface area contributed by atoms with Gasteiger partial charge in [-0.3, -0.25) is 0 Å². The van der Waals surface area contributed by atoms with Gasteiger partial charge in [0, 0.05) is 5.56 Å². The smallest absolute Gasteiger partial charge is 0.360 e. The van der Waals surface area contributed by atoms with Gasteiger partial charge >= 0.3 is 5.97 Å². The summed E-state index contributed by atoms with van der Waals surface area (Å²) in [4.78, 5) is 21.2. The summed E-state index contributed by atoms with van der Waals surface area (Å²) >= 11 is 6.19. The SMILES string of the molecule is CO/N=C(\C(=O)OC)c1cccc2oc(-c3ccccc3Cl)nc12. The van der Waals surface area contributed by atoms with Crippen molar-refractivity contribution < 1.29 is 18.8 Å². The van der Waals surface area contributed by atoms with E-state index >= 15 is 0 Å². The number of ether oxygens (including phenoxy) is 1. The lowest BCUT2D eigenvalue weighted by atomic mass is 10.1. The number of benzene rings is 2. The Balaban J connectivity index is 2.20. The molecule has 0 aliphatic rings. The highest BCUT2D eigenvalue weighted by atomic mass is 35.5. The van der Waals surface area contributed by atoms with Crippen LogP contribution in [-0.4, -0.2) is 30.9 Å². The highest BCUT2D eigenvalue weighted by Gasteiger charge is 2.22. The number of halogens is 1. The molecular formula is C17H13ClN2O4. The Morgan fingerprint density at radius 2 is 1.96 bits per heavy atom. The minimum atomic E-state index is -0.633. The molecule has 0 aliphatic carbocycles. The zero-order valence-electron chi connectivity index (χ0n) is 12.9. The first-order valence-electron chi connectivity index (χ1n) is 7.00. The Morgan fingerprint density at radius 1 is 1.17 bits per heavy atom. The van der Waals surface area contributed by atoms with E-state index in [0.717, 1.165) is 0 Å². The summed E-state index contributed by atoms with van der Waals surface area (Å²) in [6.07, 6.45) is 0. The second-order valence-electron chi connectivity index (χ2n) is 4.77. The van der Waals surface area contributed by atoms with Crippen molar-refractivity contribution >= 4 is 34.4 Å². The Kier molecular flexibility index (Phi) is 4.48. The summed E-state index contributed by atoms with van der Waals surface area (Å²) < 4.78 is 10.5. The second kappa shape index (κ2) is 6.72. The molecule has 24 heavy (non-hydrogen) atoms. The van der Waals surface area contributed by atoms with E-state index in [1.54, 1.807) is 30.3 Å². The number of fused-ring (bicyclic) bond motifs is 1. The lowest BCUT2D eigenvalue weighted by Crippen LogP contribution is -2.18. The molecule has 0 bridgehead atoms. The maximum absolute atomic E-state index is 12.0. The number of methoxy groups -OCH3 is 1. The Labute approximate surface area is 142 Å². The fourth-order valence-corrected chi connectivity index (χ4v) is 2.49. The number of rotatable bonds is 4. The first-order valence-corrected chi connectivity index (χ1v) is 7.37. The molecule has 2 aromatic carbocycles. The first kappa shape index (κ1) is 16.0. The van der Waals surface area contributed by atoms with Crippen molar-refractivity contribution in [3.8, 4) is 11.5 Å². The predicted molar refractivity (Wildman–Crippen MR) is 90.0 cm³/mol. The molecule has 3 aromatic rings. The zero-order valence-corrected chi connectivity index (χ0v) is 13.7. The molecule has 7 heteroatoms. The highest BCUT2D eigenvalue weighted by molar-refractivity contribution is 6.45. The molecule has 1 heterocycles. The summed E-state index contributed by atoms with van der Waals surface area (Å²) in [5, 5.41) is 4.27. The van der Waals surface area contributed by atoms with E-state index in [2.05, 4.69) is 10.1 Å². The minimum absolute atomic E-state index is 0.00427. The van der Waals surface area contributed by atoms with Crippen LogP contribution >= 0.6 is 11.6 Å². The Bertz CT molecular complexity index is 933. The molecule has 3 rings (SSSR count). The van der Waals surface area contributed by atoms with Crippen molar-refractivity contribution in [3.63, 3.8) is 0 Å². The molecule has 0 fully saturated rings. The summed E-state index contributed by atoms with van der Waals surface area (Å²) in [5.41, 5.74) is 2.07. The van der Waals surface area contributed by atoms with Gasteiger partial charge in [0.1, 0.15) is 12.6 Å². The molecule has 0 unspecified atom stereocenters. The fraction of sp³-hybridized carbons (Fsp3) is 0.118. The largest absolute Gasteiger partial charge is 0.464 e. The van der Waals surface area contributed by atoms with Crippen molar-refractivity contribution in [3.05, 3.63) is 53.1 Å². The molecular weight excluding hydrogens is 332 g/mol. The van der Waals surface area contributed by atoms with Crippen LogP contribution in [0.25, 0.3) is 22.6 Å². The second-order valence-corrected chi connectivity index (χ2v) is 5.17. The zero-order chi connectivity index (χ0) is 17.1. The van der Waals surface area contributed by atoms with Crippen LogP contribution in [-0.2, 0) is 14.4 Å².